The van der Waals surface area contributed by atoms with Gasteiger partial charge in [-0.15, -0.1) is 0 Å². The topological polar surface area (TPSA) is 52.7 Å². The Kier molecular flexibility index (Phi) is 7.56. The molecule has 0 saturated carbocycles. The maximum atomic E-state index is 12.4. The minimum absolute atomic E-state index is 0.0456. The largest absolute Gasteiger partial charge is 0.343 e. The molecule has 1 saturated heterocycles. The summed E-state index contributed by atoms with van der Waals surface area (Å²) in [5, 5.41) is 3.67. The zero-order valence-electron chi connectivity index (χ0n) is 15.1. The Morgan fingerprint density at radius 1 is 1.24 bits per heavy atom. The molecule has 3 amide bonds. The van der Waals surface area contributed by atoms with Gasteiger partial charge in [0.15, 0.2) is 0 Å². The molecular weight excluding hydrogens is 338 g/mol. The van der Waals surface area contributed by atoms with Gasteiger partial charge in [-0.1, -0.05) is 23.7 Å². The van der Waals surface area contributed by atoms with Gasteiger partial charge >= 0.3 is 6.03 Å². The molecule has 0 radical (unpaired) electrons. The second kappa shape index (κ2) is 9.66. The Hall–Kier alpha value is -1.75. The minimum atomic E-state index is -0.0456. The van der Waals surface area contributed by atoms with Crippen LogP contribution in [0.1, 0.15) is 32.3 Å². The highest BCUT2D eigenvalue weighted by atomic mass is 35.5. The first-order chi connectivity index (χ1) is 12.0. The van der Waals surface area contributed by atoms with Crippen molar-refractivity contribution in [3.05, 3.63) is 34.9 Å². The van der Waals surface area contributed by atoms with Crippen LogP contribution in [-0.2, 0) is 11.2 Å². The van der Waals surface area contributed by atoms with Gasteiger partial charge in [0.05, 0.1) is 0 Å². The van der Waals surface area contributed by atoms with Gasteiger partial charge in [-0.25, -0.2) is 4.79 Å². The van der Waals surface area contributed by atoms with Gasteiger partial charge in [-0.05, 0) is 50.8 Å². The van der Waals surface area contributed by atoms with E-state index in [0.29, 0.717) is 24.7 Å². The fourth-order valence-corrected chi connectivity index (χ4v) is 3.45. The minimum Gasteiger partial charge on any atom is -0.343 e. The number of hydrogen-bond acceptors (Lipinski definition) is 2. The smallest absolute Gasteiger partial charge is 0.317 e. The SMILES string of the molecule is CCN(CC)C(=O)C1CCN(C(=O)NCCc2cccc(Cl)c2)CC1. The van der Waals surface area contributed by atoms with Crippen LogP contribution in [0, 0.1) is 5.92 Å². The molecule has 0 unspecified atom stereocenters. The fraction of sp³-hybridized carbons (Fsp3) is 0.579. The number of nitrogens with zero attached hydrogens (tertiary/aromatic N) is 2. The van der Waals surface area contributed by atoms with Crippen LogP contribution in [0.15, 0.2) is 24.3 Å². The quantitative estimate of drug-likeness (QED) is 0.841. The number of urea groups is 1. The molecule has 1 N–H and O–H groups in total. The van der Waals surface area contributed by atoms with Crippen LogP contribution in [0.3, 0.4) is 0 Å². The van der Waals surface area contributed by atoms with E-state index in [1.54, 1.807) is 0 Å². The van der Waals surface area contributed by atoms with Gasteiger partial charge in [0, 0.05) is 43.7 Å². The van der Waals surface area contributed by atoms with Crippen molar-refractivity contribution in [2.45, 2.75) is 33.1 Å². The second-order valence-electron chi connectivity index (χ2n) is 6.38. The molecule has 2 rings (SSSR count). The average Bonchev–Trinajstić information content (AvgIpc) is 2.63. The summed E-state index contributed by atoms with van der Waals surface area (Å²) in [5.74, 6) is 0.279. The molecule has 138 valence electrons. The van der Waals surface area contributed by atoms with Gasteiger partial charge in [-0.2, -0.15) is 0 Å². The number of nitrogens with one attached hydrogen (secondary N) is 1. The first-order valence-corrected chi connectivity index (χ1v) is 9.49. The Balaban J connectivity index is 1.73. The lowest BCUT2D eigenvalue weighted by Gasteiger charge is -2.33. The van der Waals surface area contributed by atoms with Gasteiger partial charge in [-0.3, -0.25) is 4.79 Å². The van der Waals surface area contributed by atoms with E-state index in [9.17, 15) is 9.59 Å². The highest BCUT2D eigenvalue weighted by molar-refractivity contribution is 6.30. The molecule has 0 aromatic heterocycles. The maximum Gasteiger partial charge on any atom is 0.317 e. The molecule has 0 spiro atoms. The molecule has 0 aliphatic carbocycles. The summed E-state index contributed by atoms with van der Waals surface area (Å²) in [7, 11) is 0. The molecule has 6 heteroatoms. The molecule has 1 aliphatic heterocycles. The monoisotopic (exact) mass is 365 g/mol. The van der Waals surface area contributed by atoms with Crippen molar-refractivity contribution >= 4 is 23.5 Å². The van der Waals surface area contributed by atoms with Crippen LogP contribution in [0.4, 0.5) is 4.79 Å². The average molecular weight is 366 g/mol. The Morgan fingerprint density at radius 3 is 2.52 bits per heavy atom. The summed E-state index contributed by atoms with van der Waals surface area (Å²) in [6.07, 6.45) is 2.25. The number of amides is 3. The summed E-state index contributed by atoms with van der Waals surface area (Å²) >= 11 is 5.96. The lowest BCUT2D eigenvalue weighted by Crippen LogP contribution is -2.47. The maximum absolute atomic E-state index is 12.4. The number of hydrogen-bond donors (Lipinski definition) is 1. The highest BCUT2D eigenvalue weighted by Gasteiger charge is 2.29. The molecule has 1 fully saturated rings. The lowest BCUT2D eigenvalue weighted by atomic mass is 9.95. The number of piperidine rings is 1. The van der Waals surface area contributed by atoms with E-state index in [-0.39, 0.29) is 17.9 Å². The predicted molar refractivity (Wildman–Crippen MR) is 101 cm³/mol. The molecule has 0 atom stereocenters. The van der Waals surface area contributed by atoms with Crippen molar-refractivity contribution in [1.29, 1.82) is 0 Å². The van der Waals surface area contributed by atoms with Crippen LogP contribution < -0.4 is 5.32 Å². The van der Waals surface area contributed by atoms with Crippen molar-refractivity contribution in [1.82, 2.24) is 15.1 Å². The highest BCUT2D eigenvalue weighted by Crippen LogP contribution is 2.19. The Morgan fingerprint density at radius 2 is 1.92 bits per heavy atom. The molecule has 5 nitrogen and oxygen atoms in total. The van der Waals surface area contributed by atoms with Gasteiger partial charge in [0.2, 0.25) is 5.91 Å². The third-order valence-electron chi connectivity index (χ3n) is 4.79. The molecule has 1 heterocycles. The first kappa shape index (κ1) is 19.6. The lowest BCUT2D eigenvalue weighted by molar-refractivity contribution is -0.136. The summed E-state index contributed by atoms with van der Waals surface area (Å²) in [6.45, 7) is 7.37. The molecule has 1 aliphatic rings. The normalized spacial score (nSPS) is 15.1. The molecule has 1 aromatic carbocycles. The third-order valence-corrected chi connectivity index (χ3v) is 5.02. The number of rotatable bonds is 6. The number of benzene rings is 1. The second-order valence-corrected chi connectivity index (χ2v) is 6.82. The van der Waals surface area contributed by atoms with E-state index in [4.69, 9.17) is 11.6 Å². The Bertz CT molecular complexity index is 582. The summed E-state index contributed by atoms with van der Waals surface area (Å²) in [4.78, 5) is 28.4. The van der Waals surface area contributed by atoms with Crippen LogP contribution in [0.25, 0.3) is 0 Å². The summed E-state index contributed by atoms with van der Waals surface area (Å²) in [6, 6.07) is 7.63. The van der Waals surface area contributed by atoms with Crippen molar-refractivity contribution < 1.29 is 9.59 Å². The van der Waals surface area contributed by atoms with E-state index in [2.05, 4.69) is 5.32 Å². The van der Waals surface area contributed by atoms with Crippen molar-refractivity contribution in [2.75, 3.05) is 32.7 Å². The van der Waals surface area contributed by atoms with Crippen LogP contribution in [0.5, 0.6) is 0 Å². The third kappa shape index (κ3) is 5.63. The predicted octanol–water partition coefficient (Wildman–Crippen LogP) is 3.17. The zero-order valence-corrected chi connectivity index (χ0v) is 15.9. The molecule has 0 bridgehead atoms. The van der Waals surface area contributed by atoms with Crippen LogP contribution in [-0.4, -0.2) is 54.5 Å². The van der Waals surface area contributed by atoms with Gasteiger partial charge < -0.3 is 15.1 Å². The van der Waals surface area contributed by atoms with E-state index in [1.807, 2.05) is 47.9 Å². The summed E-state index contributed by atoms with van der Waals surface area (Å²) < 4.78 is 0. The van der Waals surface area contributed by atoms with Crippen LogP contribution >= 0.6 is 11.6 Å². The number of halogens is 1. The molecule has 25 heavy (non-hydrogen) atoms. The van der Waals surface area contributed by atoms with Crippen LogP contribution in [0.2, 0.25) is 5.02 Å². The molecular formula is C19H28ClN3O2. The molecule has 1 aromatic rings. The standard InChI is InChI=1S/C19H28ClN3O2/c1-3-22(4-2)18(24)16-9-12-23(13-10-16)19(25)21-11-8-15-6-5-7-17(20)14-15/h5-7,14,16H,3-4,8-13H2,1-2H3,(H,21,25). The van der Waals surface area contributed by atoms with Crippen molar-refractivity contribution in [3.63, 3.8) is 0 Å². The van der Waals surface area contributed by atoms with E-state index < -0.39 is 0 Å². The van der Waals surface area contributed by atoms with Gasteiger partial charge in [0.1, 0.15) is 0 Å². The Labute approximate surface area is 155 Å². The van der Waals surface area contributed by atoms with Gasteiger partial charge in [0.25, 0.3) is 0 Å². The zero-order chi connectivity index (χ0) is 18.2. The van der Waals surface area contributed by atoms with E-state index in [1.165, 1.54) is 0 Å². The van der Waals surface area contributed by atoms with E-state index >= 15 is 0 Å². The fourth-order valence-electron chi connectivity index (χ4n) is 3.24. The summed E-state index contributed by atoms with van der Waals surface area (Å²) in [5.41, 5.74) is 1.11. The number of carbonyl (C=O) groups excluding carboxylic acids is 2. The first-order valence-electron chi connectivity index (χ1n) is 9.11. The van der Waals surface area contributed by atoms with Crippen molar-refractivity contribution in [2.24, 2.45) is 5.92 Å². The van der Waals surface area contributed by atoms with Crippen molar-refractivity contribution in [3.8, 4) is 0 Å². The van der Waals surface area contributed by atoms with E-state index in [0.717, 1.165) is 37.9 Å². The number of carbonyl (C=O) groups is 2. The number of likely N-dealkylation sites (tertiary alicyclic amines) is 1.